The molecule has 0 fully saturated rings. The summed E-state index contributed by atoms with van der Waals surface area (Å²) in [7, 11) is 1.56. The summed E-state index contributed by atoms with van der Waals surface area (Å²) in [4.78, 5) is 14.8. The Morgan fingerprint density at radius 2 is 2.50 bits per heavy atom. The molecule has 0 unspecified atom stereocenters. The van der Waals surface area contributed by atoms with Crippen LogP contribution in [0.25, 0.3) is 0 Å². The van der Waals surface area contributed by atoms with Gasteiger partial charge in [0, 0.05) is 26.1 Å². The van der Waals surface area contributed by atoms with E-state index < -0.39 is 11.9 Å². The van der Waals surface area contributed by atoms with Crippen LogP contribution in [0.3, 0.4) is 0 Å². The number of carbonyl (C=O) groups is 1. The molecule has 0 spiro atoms. The van der Waals surface area contributed by atoms with E-state index in [1.807, 2.05) is 0 Å². The van der Waals surface area contributed by atoms with Crippen molar-refractivity contribution in [1.29, 1.82) is 0 Å². The molecule has 1 aromatic rings. The molecule has 0 aliphatic heterocycles. The first-order valence-electron chi connectivity index (χ1n) is 4.37. The number of aromatic nitrogens is 1. The highest BCUT2D eigenvalue weighted by Crippen LogP contribution is 2.18. The second-order valence-electron chi connectivity index (χ2n) is 2.96. The van der Waals surface area contributed by atoms with Crippen LogP contribution in [-0.2, 0) is 9.53 Å². The lowest BCUT2D eigenvalue weighted by molar-refractivity contribution is -0.139. The monoisotopic (exact) mass is 195 g/mol. The van der Waals surface area contributed by atoms with Crippen LogP contribution >= 0.6 is 0 Å². The average Bonchev–Trinajstić information content (AvgIpc) is 2.19. The van der Waals surface area contributed by atoms with Crippen molar-refractivity contribution in [2.75, 3.05) is 13.7 Å². The number of hydrogen-bond donors (Lipinski definition) is 1. The minimum absolute atomic E-state index is 0.436. The van der Waals surface area contributed by atoms with Crippen molar-refractivity contribution >= 4 is 5.97 Å². The van der Waals surface area contributed by atoms with E-state index in [2.05, 4.69) is 4.98 Å². The number of hydrogen-bond acceptors (Lipinski definition) is 3. The van der Waals surface area contributed by atoms with Crippen molar-refractivity contribution in [2.45, 2.75) is 12.3 Å². The molecule has 1 aromatic heterocycles. The Bertz CT molecular complexity index is 287. The molecule has 0 aromatic carbocycles. The Balaban J connectivity index is 2.73. The van der Waals surface area contributed by atoms with E-state index in [-0.39, 0.29) is 0 Å². The molecule has 0 bridgehead atoms. The van der Waals surface area contributed by atoms with Crippen molar-refractivity contribution in [2.24, 2.45) is 0 Å². The zero-order valence-electron chi connectivity index (χ0n) is 8.01. The quantitative estimate of drug-likeness (QED) is 0.769. The maximum atomic E-state index is 10.9. The largest absolute Gasteiger partial charge is 0.481 e. The van der Waals surface area contributed by atoms with Gasteiger partial charge in [-0.1, -0.05) is 6.07 Å². The number of rotatable bonds is 5. The molecule has 0 amide bonds. The highest BCUT2D eigenvalue weighted by molar-refractivity contribution is 5.75. The third-order valence-corrected chi connectivity index (χ3v) is 2.00. The number of carboxylic acid groups (broad SMARTS) is 1. The molecular weight excluding hydrogens is 182 g/mol. The minimum Gasteiger partial charge on any atom is -0.481 e. The molecule has 4 nitrogen and oxygen atoms in total. The van der Waals surface area contributed by atoms with E-state index in [0.29, 0.717) is 13.0 Å². The van der Waals surface area contributed by atoms with Crippen molar-refractivity contribution in [3.8, 4) is 0 Å². The Hall–Kier alpha value is -1.42. The molecule has 76 valence electrons. The fourth-order valence-corrected chi connectivity index (χ4v) is 1.25. The zero-order valence-corrected chi connectivity index (χ0v) is 8.01. The van der Waals surface area contributed by atoms with Crippen molar-refractivity contribution in [3.63, 3.8) is 0 Å². The molecular formula is C10H13NO3. The minimum atomic E-state index is -0.838. The third-order valence-electron chi connectivity index (χ3n) is 2.00. The molecule has 0 saturated heterocycles. The number of methoxy groups -OCH3 is 1. The summed E-state index contributed by atoms with van der Waals surface area (Å²) in [5.74, 6) is -1.36. The highest BCUT2D eigenvalue weighted by atomic mass is 16.5. The number of aliphatic carboxylic acids is 1. The Morgan fingerprint density at radius 3 is 3.00 bits per heavy atom. The molecule has 0 radical (unpaired) electrons. The van der Waals surface area contributed by atoms with Gasteiger partial charge < -0.3 is 9.84 Å². The SMILES string of the molecule is COCC[C@@H](C(=O)O)c1cccnc1. The van der Waals surface area contributed by atoms with Crippen LogP contribution in [0.4, 0.5) is 0 Å². The van der Waals surface area contributed by atoms with Gasteiger partial charge in [-0.25, -0.2) is 0 Å². The fraction of sp³-hybridized carbons (Fsp3) is 0.400. The first kappa shape index (κ1) is 10.7. The zero-order chi connectivity index (χ0) is 10.4. The van der Waals surface area contributed by atoms with Crippen LogP contribution in [0.15, 0.2) is 24.5 Å². The molecule has 1 rings (SSSR count). The van der Waals surface area contributed by atoms with Gasteiger partial charge >= 0.3 is 5.97 Å². The lowest BCUT2D eigenvalue weighted by Crippen LogP contribution is -2.13. The molecule has 0 aliphatic carbocycles. The second-order valence-corrected chi connectivity index (χ2v) is 2.96. The van der Waals surface area contributed by atoms with E-state index >= 15 is 0 Å². The van der Waals surface area contributed by atoms with Gasteiger partial charge in [0.25, 0.3) is 0 Å². The van der Waals surface area contributed by atoms with Crippen molar-refractivity contribution in [1.82, 2.24) is 4.98 Å². The van der Waals surface area contributed by atoms with Crippen molar-refractivity contribution < 1.29 is 14.6 Å². The predicted molar refractivity (Wildman–Crippen MR) is 51.1 cm³/mol. The van der Waals surface area contributed by atoms with Crippen molar-refractivity contribution in [3.05, 3.63) is 30.1 Å². The van der Waals surface area contributed by atoms with Gasteiger partial charge in [0.15, 0.2) is 0 Å². The Kier molecular flexibility index (Phi) is 4.07. The summed E-state index contributed by atoms with van der Waals surface area (Å²) in [5.41, 5.74) is 0.719. The van der Waals surface area contributed by atoms with Gasteiger partial charge in [0.1, 0.15) is 0 Å². The van der Waals surface area contributed by atoms with Crippen LogP contribution in [0.5, 0.6) is 0 Å². The number of nitrogens with zero attached hydrogens (tertiary/aromatic N) is 1. The molecule has 1 atom stereocenters. The van der Waals surface area contributed by atoms with Crippen LogP contribution < -0.4 is 0 Å². The lowest BCUT2D eigenvalue weighted by atomic mass is 9.98. The first-order valence-corrected chi connectivity index (χ1v) is 4.37. The predicted octanol–water partition coefficient (Wildman–Crippen LogP) is 1.29. The van der Waals surface area contributed by atoms with E-state index in [9.17, 15) is 4.79 Å². The molecule has 14 heavy (non-hydrogen) atoms. The van der Waals surface area contributed by atoms with Crippen LogP contribution in [-0.4, -0.2) is 29.8 Å². The number of carboxylic acids is 1. The van der Waals surface area contributed by atoms with Gasteiger partial charge in [0.2, 0.25) is 0 Å². The molecule has 0 saturated carbocycles. The number of ether oxygens (including phenoxy) is 1. The number of pyridine rings is 1. The van der Waals surface area contributed by atoms with Gasteiger partial charge in [-0.3, -0.25) is 9.78 Å². The molecule has 0 aliphatic rings. The highest BCUT2D eigenvalue weighted by Gasteiger charge is 2.19. The smallest absolute Gasteiger partial charge is 0.311 e. The van der Waals surface area contributed by atoms with E-state index in [1.54, 1.807) is 31.6 Å². The van der Waals surface area contributed by atoms with E-state index in [4.69, 9.17) is 9.84 Å². The van der Waals surface area contributed by atoms with Gasteiger partial charge in [0.05, 0.1) is 5.92 Å². The van der Waals surface area contributed by atoms with Gasteiger partial charge in [-0.2, -0.15) is 0 Å². The van der Waals surface area contributed by atoms with E-state index in [0.717, 1.165) is 5.56 Å². The lowest BCUT2D eigenvalue weighted by Gasteiger charge is -2.10. The van der Waals surface area contributed by atoms with Crippen LogP contribution in [0.2, 0.25) is 0 Å². The molecule has 1 N–H and O–H groups in total. The summed E-state index contributed by atoms with van der Waals surface area (Å²) >= 11 is 0. The first-order chi connectivity index (χ1) is 6.75. The summed E-state index contributed by atoms with van der Waals surface area (Å²) < 4.78 is 4.86. The topological polar surface area (TPSA) is 59.4 Å². The molecule has 1 heterocycles. The van der Waals surface area contributed by atoms with E-state index in [1.165, 1.54) is 0 Å². The summed E-state index contributed by atoms with van der Waals surface area (Å²) in [6.07, 6.45) is 3.67. The van der Waals surface area contributed by atoms with Crippen LogP contribution in [0.1, 0.15) is 17.9 Å². The maximum Gasteiger partial charge on any atom is 0.311 e. The van der Waals surface area contributed by atoms with Crippen LogP contribution in [0, 0.1) is 0 Å². The fourth-order valence-electron chi connectivity index (χ4n) is 1.25. The summed E-state index contributed by atoms with van der Waals surface area (Å²) in [6.45, 7) is 0.436. The second kappa shape index (κ2) is 5.34. The summed E-state index contributed by atoms with van der Waals surface area (Å²) in [6, 6.07) is 3.50. The Morgan fingerprint density at radius 1 is 1.71 bits per heavy atom. The normalized spacial score (nSPS) is 12.4. The average molecular weight is 195 g/mol. The standard InChI is InChI=1S/C10H13NO3/c1-14-6-4-9(10(12)13)8-3-2-5-11-7-8/h2-3,5,7,9H,4,6H2,1H3,(H,12,13)/t9-/m1/s1. The molecule has 4 heteroatoms. The third kappa shape index (κ3) is 2.81. The maximum absolute atomic E-state index is 10.9. The van der Waals surface area contributed by atoms with Gasteiger partial charge in [-0.15, -0.1) is 0 Å². The Labute approximate surface area is 82.5 Å². The summed E-state index contributed by atoms with van der Waals surface area (Å²) in [5, 5.41) is 8.97. The van der Waals surface area contributed by atoms with Gasteiger partial charge in [-0.05, 0) is 18.1 Å².